The number of hydrogen-bond donors (Lipinski definition) is 0. The van der Waals surface area contributed by atoms with Gasteiger partial charge in [-0.2, -0.15) is 0 Å². The molecule has 1 aromatic carbocycles. The van der Waals surface area contributed by atoms with Crippen molar-refractivity contribution < 1.29 is 8.83 Å². The van der Waals surface area contributed by atoms with Gasteiger partial charge in [0, 0.05) is 17.1 Å². The highest BCUT2D eigenvalue weighted by Crippen LogP contribution is 2.27. The minimum absolute atomic E-state index is 0.441. The zero-order valence-electron chi connectivity index (χ0n) is 13.8. The van der Waals surface area contributed by atoms with Crippen LogP contribution in [-0.2, 0) is 12.3 Å². The Hall–Kier alpha value is -2.58. The molecule has 0 atom stereocenters. The Kier molecular flexibility index (Phi) is 4.77. The molecule has 0 saturated carbocycles. The number of nitrogens with zero attached hydrogens (tertiary/aromatic N) is 5. The zero-order chi connectivity index (χ0) is 17.9. The molecule has 0 N–H and O–H groups in total. The third kappa shape index (κ3) is 3.38. The van der Waals surface area contributed by atoms with Gasteiger partial charge >= 0.3 is 0 Å². The standard InChI is InChI=1S/C17H14ClN5O2S/c1-2-23-15(13-7-4-8-24-13)20-22-17(23)26-10-14-19-21-16(25-14)11-5-3-6-12(18)9-11/h3-9H,2,10H2,1H3. The van der Waals surface area contributed by atoms with Crippen LogP contribution in [0.1, 0.15) is 12.8 Å². The van der Waals surface area contributed by atoms with Gasteiger partial charge in [0.25, 0.3) is 0 Å². The summed E-state index contributed by atoms with van der Waals surface area (Å²) in [5.41, 5.74) is 0.790. The van der Waals surface area contributed by atoms with E-state index < -0.39 is 0 Å². The zero-order valence-corrected chi connectivity index (χ0v) is 15.4. The van der Waals surface area contributed by atoms with Crippen LogP contribution in [0.4, 0.5) is 0 Å². The second kappa shape index (κ2) is 7.35. The Morgan fingerprint density at radius 3 is 2.81 bits per heavy atom. The first-order chi connectivity index (χ1) is 12.7. The van der Waals surface area contributed by atoms with E-state index in [1.165, 1.54) is 11.8 Å². The van der Waals surface area contributed by atoms with Gasteiger partial charge in [0.05, 0.1) is 12.0 Å². The van der Waals surface area contributed by atoms with Gasteiger partial charge in [-0.05, 0) is 37.3 Å². The molecule has 9 heteroatoms. The van der Waals surface area contributed by atoms with Gasteiger partial charge in [-0.1, -0.05) is 29.4 Å². The smallest absolute Gasteiger partial charge is 0.247 e. The molecule has 0 spiro atoms. The van der Waals surface area contributed by atoms with Crippen LogP contribution < -0.4 is 0 Å². The molecule has 4 rings (SSSR count). The van der Waals surface area contributed by atoms with E-state index in [1.807, 2.05) is 35.8 Å². The van der Waals surface area contributed by atoms with Gasteiger partial charge in [0.15, 0.2) is 16.7 Å². The van der Waals surface area contributed by atoms with Crippen LogP contribution in [0.25, 0.3) is 23.0 Å². The molecule has 0 radical (unpaired) electrons. The van der Waals surface area contributed by atoms with E-state index >= 15 is 0 Å². The molecule has 0 bridgehead atoms. The lowest BCUT2D eigenvalue weighted by Crippen LogP contribution is -1.99. The molecule has 4 aromatic rings. The van der Waals surface area contributed by atoms with Gasteiger partial charge in [-0.25, -0.2) is 0 Å². The summed E-state index contributed by atoms with van der Waals surface area (Å²) in [5, 5.41) is 18.0. The van der Waals surface area contributed by atoms with E-state index in [4.69, 9.17) is 20.4 Å². The van der Waals surface area contributed by atoms with Gasteiger partial charge in [0.2, 0.25) is 11.8 Å². The Morgan fingerprint density at radius 1 is 1.12 bits per heavy atom. The van der Waals surface area contributed by atoms with Crippen molar-refractivity contribution in [3.8, 4) is 23.0 Å². The lowest BCUT2D eigenvalue weighted by molar-refractivity contribution is 0.528. The van der Waals surface area contributed by atoms with Crippen LogP contribution in [-0.4, -0.2) is 25.0 Å². The van der Waals surface area contributed by atoms with Gasteiger partial charge in [-0.15, -0.1) is 20.4 Å². The molecule has 0 saturated heterocycles. The van der Waals surface area contributed by atoms with Crippen molar-refractivity contribution in [2.24, 2.45) is 0 Å². The monoisotopic (exact) mass is 387 g/mol. The average Bonchev–Trinajstić information content (AvgIpc) is 3.39. The summed E-state index contributed by atoms with van der Waals surface area (Å²) < 4.78 is 13.1. The first-order valence-corrected chi connectivity index (χ1v) is 9.29. The van der Waals surface area contributed by atoms with Crippen LogP contribution in [0.15, 0.2) is 56.7 Å². The summed E-state index contributed by atoms with van der Waals surface area (Å²) in [4.78, 5) is 0. The van der Waals surface area contributed by atoms with Crippen molar-refractivity contribution in [2.75, 3.05) is 0 Å². The van der Waals surface area contributed by atoms with Crippen LogP contribution >= 0.6 is 23.4 Å². The summed E-state index contributed by atoms with van der Waals surface area (Å²) in [6.45, 7) is 2.76. The van der Waals surface area contributed by atoms with Gasteiger partial charge < -0.3 is 8.83 Å². The van der Waals surface area contributed by atoms with Gasteiger partial charge in [-0.3, -0.25) is 4.57 Å². The normalized spacial score (nSPS) is 11.2. The van der Waals surface area contributed by atoms with Gasteiger partial charge in [0.1, 0.15) is 0 Å². The largest absolute Gasteiger partial charge is 0.461 e. The third-order valence-corrected chi connectivity index (χ3v) is 4.82. The molecule has 0 aliphatic heterocycles. The highest BCUT2D eigenvalue weighted by Gasteiger charge is 2.16. The fraction of sp³-hybridized carbons (Fsp3) is 0.176. The molecule has 3 heterocycles. The van der Waals surface area contributed by atoms with Crippen LogP contribution in [0.5, 0.6) is 0 Å². The highest BCUT2D eigenvalue weighted by molar-refractivity contribution is 7.98. The van der Waals surface area contributed by atoms with E-state index in [0.717, 1.165) is 17.3 Å². The first-order valence-electron chi connectivity index (χ1n) is 7.93. The van der Waals surface area contributed by atoms with E-state index in [1.54, 1.807) is 18.4 Å². The van der Waals surface area contributed by atoms with Crippen molar-refractivity contribution in [1.29, 1.82) is 0 Å². The topological polar surface area (TPSA) is 82.8 Å². The summed E-state index contributed by atoms with van der Waals surface area (Å²) in [5.74, 6) is 2.83. The molecule has 0 amide bonds. The summed E-state index contributed by atoms with van der Waals surface area (Å²) >= 11 is 7.48. The lowest BCUT2D eigenvalue weighted by Gasteiger charge is -2.04. The van der Waals surface area contributed by atoms with E-state index in [2.05, 4.69) is 20.4 Å². The minimum Gasteiger partial charge on any atom is -0.461 e. The molecular weight excluding hydrogens is 374 g/mol. The maximum Gasteiger partial charge on any atom is 0.247 e. The van der Waals surface area contributed by atoms with Crippen molar-refractivity contribution in [2.45, 2.75) is 24.4 Å². The fourth-order valence-corrected chi connectivity index (χ4v) is 3.47. The second-order valence-corrected chi connectivity index (χ2v) is 6.71. The molecular formula is C17H14ClN5O2S. The Bertz CT molecular complexity index is 1010. The number of halogens is 1. The molecule has 0 fully saturated rings. The van der Waals surface area contributed by atoms with Crippen LogP contribution in [0, 0.1) is 0 Å². The summed E-state index contributed by atoms with van der Waals surface area (Å²) in [6, 6.07) is 11.0. The molecule has 7 nitrogen and oxygen atoms in total. The van der Waals surface area contributed by atoms with Crippen molar-refractivity contribution in [1.82, 2.24) is 25.0 Å². The van der Waals surface area contributed by atoms with E-state index in [0.29, 0.717) is 34.1 Å². The number of hydrogen-bond acceptors (Lipinski definition) is 7. The minimum atomic E-state index is 0.441. The van der Waals surface area contributed by atoms with Crippen LogP contribution in [0.3, 0.4) is 0 Å². The number of thioether (sulfide) groups is 1. The molecule has 0 aliphatic rings. The molecule has 132 valence electrons. The van der Waals surface area contributed by atoms with Crippen molar-refractivity contribution in [3.05, 3.63) is 53.6 Å². The van der Waals surface area contributed by atoms with Crippen LogP contribution in [0.2, 0.25) is 5.02 Å². The Balaban J connectivity index is 1.50. The lowest BCUT2D eigenvalue weighted by atomic mass is 10.2. The third-order valence-electron chi connectivity index (χ3n) is 3.64. The number of rotatable bonds is 6. The molecule has 0 unspecified atom stereocenters. The number of furan rings is 1. The SMILES string of the molecule is CCn1c(SCc2nnc(-c3cccc(Cl)c3)o2)nnc1-c1ccco1. The quantitative estimate of drug-likeness (QED) is 0.448. The fourth-order valence-electron chi connectivity index (χ4n) is 2.44. The van der Waals surface area contributed by atoms with E-state index in [-0.39, 0.29) is 0 Å². The maximum atomic E-state index is 6.00. The average molecular weight is 388 g/mol. The van der Waals surface area contributed by atoms with Crippen molar-refractivity contribution in [3.63, 3.8) is 0 Å². The van der Waals surface area contributed by atoms with E-state index in [9.17, 15) is 0 Å². The number of aromatic nitrogens is 5. The predicted octanol–water partition coefficient (Wildman–Crippen LogP) is 4.55. The maximum absolute atomic E-state index is 6.00. The molecule has 3 aromatic heterocycles. The Labute approximate surface area is 158 Å². The van der Waals surface area contributed by atoms with Crippen molar-refractivity contribution >= 4 is 23.4 Å². The Morgan fingerprint density at radius 2 is 2.04 bits per heavy atom. The number of benzene rings is 1. The summed E-state index contributed by atoms with van der Waals surface area (Å²) in [6.07, 6.45) is 1.62. The highest BCUT2D eigenvalue weighted by atomic mass is 35.5. The first kappa shape index (κ1) is 16.9. The molecule has 0 aliphatic carbocycles. The molecule has 26 heavy (non-hydrogen) atoms. The summed E-state index contributed by atoms with van der Waals surface area (Å²) in [7, 11) is 0. The predicted molar refractivity (Wildman–Crippen MR) is 97.7 cm³/mol. The second-order valence-electron chi connectivity index (χ2n) is 5.33.